The fourth-order valence-corrected chi connectivity index (χ4v) is 2.36. The molecule has 0 bridgehead atoms. The van der Waals surface area contributed by atoms with Crippen LogP contribution in [0.25, 0.3) is 0 Å². The number of methoxy groups -OCH3 is 1. The van der Waals surface area contributed by atoms with Gasteiger partial charge in [-0.1, -0.05) is 39.7 Å². The predicted octanol–water partition coefficient (Wildman–Crippen LogP) is 4.69. The minimum absolute atomic E-state index is 0.792. The van der Waals surface area contributed by atoms with Crippen molar-refractivity contribution in [2.45, 2.75) is 20.4 Å². The fraction of sp³-hybridized carbons (Fsp3) is 0.250. The summed E-state index contributed by atoms with van der Waals surface area (Å²) in [5.74, 6) is 0.855. The number of benzene rings is 2. The Morgan fingerprint density at radius 3 is 2.63 bits per heavy atom. The van der Waals surface area contributed by atoms with Crippen molar-refractivity contribution in [3.63, 3.8) is 0 Å². The second kappa shape index (κ2) is 6.11. The van der Waals surface area contributed by atoms with E-state index in [0.717, 1.165) is 22.5 Å². The number of aryl methyl sites for hydroxylation is 2. The highest BCUT2D eigenvalue weighted by Crippen LogP contribution is 2.28. The summed E-state index contributed by atoms with van der Waals surface area (Å²) in [7, 11) is 1.69. The minimum Gasteiger partial charge on any atom is -0.495 e. The zero-order valence-electron chi connectivity index (χ0n) is 11.5. The zero-order valence-corrected chi connectivity index (χ0v) is 13.0. The third-order valence-corrected chi connectivity index (χ3v) is 3.63. The molecule has 3 heteroatoms. The summed E-state index contributed by atoms with van der Waals surface area (Å²) >= 11 is 3.48. The van der Waals surface area contributed by atoms with Crippen LogP contribution in [-0.2, 0) is 6.54 Å². The summed E-state index contributed by atoms with van der Waals surface area (Å²) in [5.41, 5.74) is 4.88. The van der Waals surface area contributed by atoms with Crippen molar-refractivity contribution >= 4 is 21.6 Å². The molecule has 0 aromatic heterocycles. The molecule has 0 unspecified atom stereocenters. The molecule has 0 spiro atoms. The molecule has 2 aromatic carbocycles. The van der Waals surface area contributed by atoms with E-state index in [9.17, 15) is 0 Å². The van der Waals surface area contributed by atoms with Gasteiger partial charge >= 0.3 is 0 Å². The zero-order chi connectivity index (χ0) is 13.8. The molecule has 0 aliphatic heterocycles. The lowest BCUT2D eigenvalue weighted by Gasteiger charge is -2.13. The van der Waals surface area contributed by atoms with Crippen LogP contribution < -0.4 is 10.1 Å². The number of ether oxygens (including phenoxy) is 1. The summed E-state index contributed by atoms with van der Waals surface area (Å²) in [5, 5.41) is 3.43. The van der Waals surface area contributed by atoms with Crippen LogP contribution in [0, 0.1) is 13.8 Å². The van der Waals surface area contributed by atoms with Gasteiger partial charge in [-0.2, -0.15) is 0 Å². The van der Waals surface area contributed by atoms with E-state index in [1.54, 1.807) is 7.11 Å². The molecule has 19 heavy (non-hydrogen) atoms. The van der Waals surface area contributed by atoms with Gasteiger partial charge in [-0.15, -0.1) is 0 Å². The monoisotopic (exact) mass is 319 g/mol. The topological polar surface area (TPSA) is 21.3 Å². The van der Waals surface area contributed by atoms with E-state index < -0.39 is 0 Å². The van der Waals surface area contributed by atoms with Gasteiger partial charge in [-0.3, -0.25) is 0 Å². The van der Waals surface area contributed by atoms with Crippen LogP contribution in [0.3, 0.4) is 0 Å². The van der Waals surface area contributed by atoms with E-state index in [4.69, 9.17) is 4.74 Å². The third kappa shape index (κ3) is 3.51. The van der Waals surface area contributed by atoms with Gasteiger partial charge in [0.15, 0.2) is 0 Å². The smallest absolute Gasteiger partial charge is 0.142 e. The molecular weight excluding hydrogens is 302 g/mol. The van der Waals surface area contributed by atoms with Crippen LogP contribution in [0.4, 0.5) is 5.69 Å². The Kier molecular flexibility index (Phi) is 4.48. The normalized spacial score (nSPS) is 10.3. The summed E-state index contributed by atoms with van der Waals surface area (Å²) in [6, 6.07) is 12.5. The van der Waals surface area contributed by atoms with Crippen molar-refractivity contribution in [2.75, 3.05) is 12.4 Å². The predicted molar refractivity (Wildman–Crippen MR) is 83.9 cm³/mol. The molecule has 100 valence electrons. The van der Waals surface area contributed by atoms with Gasteiger partial charge in [-0.05, 0) is 43.2 Å². The van der Waals surface area contributed by atoms with Crippen molar-refractivity contribution in [3.8, 4) is 5.75 Å². The molecule has 2 nitrogen and oxygen atoms in total. The molecule has 0 fully saturated rings. The van der Waals surface area contributed by atoms with E-state index in [2.05, 4.69) is 53.3 Å². The molecule has 2 rings (SSSR count). The molecule has 0 amide bonds. The second-order valence-electron chi connectivity index (χ2n) is 4.63. The molecule has 0 atom stereocenters. The maximum absolute atomic E-state index is 5.36. The highest BCUT2D eigenvalue weighted by atomic mass is 79.9. The van der Waals surface area contributed by atoms with E-state index in [1.165, 1.54) is 16.7 Å². The summed E-state index contributed by atoms with van der Waals surface area (Å²) in [4.78, 5) is 0. The van der Waals surface area contributed by atoms with Crippen molar-refractivity contribution in [2.24, 2.45) is 0 Å². The fourth-order valence-electron chi connectivity index (χ4n) is 2.00. The van der Waals surface area contributed by atoms with Gasteiger partial charge < -0.3 is 10.1 Å². The standard InChI is InChI=1S/C16H18BrNO/c1-11-4-5-12(2)13(8-11)10-18-15-9-14(17)6-7-16(15)19-3/h4-9,18H,10H2,1-3H3. The van der Waals surface area contributed by atoms with Gasteiger partial charge in [-0.25, -0.2) is 0 Å². The average molecular weight is 320 g/mol. The molecule has 0 aliphatic carbocycles. The molecule has 2 aromatic rings. The molecule has 0 saturated heterocycles. The summed E-state index contributed by atoms with van der Waals surface area (Å²) in [6.45, 7) is 5.04. The molecule has 0 heterocycles. The Labute approximate surface area is 122 Å². The van der Waals surface area contributed by atoms with Crippen LogP contribution >= 0.6 is 15.9 Å². The number of anilines is 1. The Morgan fingerprint density at radius 1 is 1.11 bits per heavy atom. The Balaban J connectivity index is 2.18. The van der Waals surface area contributed by atoms with Crippen LogP contribution in [0.5, 0.6) is 5.75 Å². The van der Waals surface area contributed by atoms with Gasteiger partial charge in [0.25, 0.3) is 0 Å². The van der Waals surface area contributed by atoms with Crippen LogP contribution in [0.15, 0.2) is 40.9 Å². The number of hydrogen-bond donors (Lipinski definition) is 1. The molecule has 0 aliphatic rings. The third-order valence-electron chi connectivity index (χ3n) is 3.14. The number of nitrogens with one attached hydrogen (secondary N) is 1. The lowest BCUT2D eigenvalue weighted by atomic mass is 10.1. The summed E-state index contributed by atoms with van der Waals surface area (Å²) in [6.07, 6.45) is 0. The Morgan fingerprint density at radius 2 is 1.89 bits per heavy atom. The van der Waals surface area contributed by atoms with E-state index in [-0.39, 0.29) is 0 Å². The molecule has 0 saturated carbocycles. The largest absolute Gasteiger partial charge is 0.495 e. The van der Waals surface area contributed by atoms with E-state index >= 15 is 0 Å². The quantitative estimate of drug-likeness (QED) is 0.883. The SMILES string of the molecule is COc1ccc(Br)cc1NCc1cc(C)ccc1C. The van der Waals surface area contributed by atoms with Crippen LogP contribution in [-0.4, -0.2) is 7.11 Å². The maximum Gasteiger partial charge on any atom is 0.142 e. The van der Waals surface area contributed by atoms with Gasteiger partial charge in [0.2, 0.25) is 0 Å². The van der Waals surface area contributed by atoms with E-state index in [1.807, 2.05) is 18.2 Å². The molecule has 1 N–H and O–H groups in total. The maximum atomic E-state index is 5.36. The van der Waals surface area contributed by atoms with E-state index in [0.29, 0.717) is 0 Å². The lowest BCUT2D eigenvalue weighted by molar-refractivity contribution is 0.416. The van der Waals surface area contributed by atoms with Crippen molar-refractivity contribution in [1.29, 1.82) is 0 Å². The first-order chi connectivity index (χ1) is 9.10. The van der Waals surface area contributed by atoms with Crippen molar-refractivity contribution in [3.05, 3.63) is 57.6 Å². The Bertz CT molecular complexity index is 581. The number of rotatable bonds is 4. The highest BCUT2D eigenvalue weighted by molar-refractivity contribution is 9.10. The number of hydrogen-bond acceptors (Lipinski definition) is 2. The van der Waals surface area contributed by atoms with Gasteiger partial charge in [0.1, 0.15) is 5.75 Å². The number of halogens is 1. The van der Waals surface area contributed by atoms with Gasteiger partial charge in [0, 0.05) is 11.0 Å². The molecular formula is C16H18BrNO. The highest BCUT2D eigenvalue weighted by Gasteiger charge is 2.04. The first-order valence-corrected chi connectivity index (χ1v) is 7.03. The van der Waals surface area contributed by atoms with Crippen LogP contribution in [0.2, 0.25) is 0 Å². The first-order valence-electron chi connectivity index (χ1n) is 6.23. The minimum atomic E-state index is 0.792. The van der Waals surface area contributed by atoms with Crippen molar-refractivity contribution < 1.29 is 4.74 Å². The summed E-state index contributed by atoms with van der Waals surface area (Å²) < 4.78 is 6.40. The van der Waals surface area contributed by atoms with Crippen LogP contribution in [0.1, 0.15) is 16.7 Å². The van der Waals surface area contributed by atoms with Crippen molar-refractivity contribution in [1.82, 2.24) is 0 Å². The first kappa shape index (κ1) is 13.9. The lowest BCUT2D eigenvalue weighted by Crippen LogP contribution is -2.03. The second-order valence-corrected chi connectivity index (χ2v) is 5.54. The molecule has 0 radical (unpaired) electrons. The average Bonchev–Trinajstić information content (AvgIpc) is 2.40. The Hall–Kier alpha value is -1.48. The van der Waals surface area contributed by atoms with Gasteiger partial charge in [0.05, 0.1) is 12.8 Å².